The fraction of sp³-hybridized carbons (Fsp3) is 0.531. The van der Waals surface area contributed by atoms with E-state index in [1.54, 1.807) is 24.3 Å². The van der Waals surface area contributed by atoms with Crippen LogP contribution in [0.2, 0.25) is 0 Å². The number of carbonyl (C=O) groups excluding carboxylic acids is 3. The van der Waals surface area contributed by atoms with E-state index in [0.29, 0.717) is 24.5 Å². The number of aliphatic hydroxyl groups excluding tert-OH is 1. The molecule has 1 spiro atoms. The summed E-state index contributed by atoms with van der Waals surface area (Å²) in [6, 6.07) is 14.6. The third-order valence-corrected chi connectivity index (χ3v) is 10.2. The second kappa shape index (κ2) is 12.0. The number of alkyl halides is 1. The summed E-state index contributed by atoms with van der Waals surface area (Å²) in [5.41, 5.74) is 0.107. The number of amides is 3. The first-order valence-corrected chi connectivity index (χ1v) is 15.9. The zero-order valence-corrected chi connectivity index (χ0v) is 25.3. The molecule has 3 heterocycles. The van der Waals surface area contributed by atoms with Gasteiger partial charge in [-0.2, -0.15) is 0 Å². The molecule has 3 aliphatic heterocycles. The van der Waals surface area contributed by atoms with E-state index in [1.807, 2.05) is 37.3 Å². The van der Waals surface area contributed by atoms with Crippen molar-refractivity contribution in [2.24, 2.45) is 11.8 Å². The van der Waals surface area contributed by atoms with Gasteiger partial charge < -0.3 is 30.1 Å². The van der Waals surface area contributed by atoms with Gasteiger partial charge in [-0.15, -0.1) is 0 Å². The number of aliphatic hydroxyl groups is 1. The Morgan fingerprint density at radius 1 is 1.10 bits per heavy atom. The van der Waals surface area contributed by atoms with Gasteiger partial charge in [-0.3, -0.25) is 14.4 Å². The van der Waals surface area contributed by atoms with Crippen molar-refractivity contribution in [2.45, 2.75) is 80.1 Å². The number of likely N-dealkylation sites (tertiary alicyclic amines) is 1. The molecule has 3 N–H and O–H groups in total. The second-order valence-electron chi connectivity index (χ2n) is 11.8. The molecule has 4 fully saturated rings. The van der Waals surface area contributed by atoms with E-state index in [0.717, 1.165) is 37.7 Å². The Morgan fingerprint density at radius 2 is 1.81 bits per heavy atom. The van der Waals surface area contributed by atoms with Crippen molar-refractivity contribution < 1.29 is 29.0 Å². The van der Waals surface area contributed by atoms with Crippen LogP contribution in [0.3, 0.4) is 0 Å². The minimum absolute atomic E-state index is 0.0279. The van der Waals surface area contributed by atoms with Crippen molar-refractivity contribution in [1.82, 2.24) is 10.2 Å². The average molecular weight is 641 g/mol. The normalized spacial score (nSPS) is 31.1. The molecular weight excluding hydrogens is 602 g/mol. The van der Waals surface area contributed by atoms with Crippen molar-refractivity contribution in [2.75, 3.05) is 18.5 Å². The lowest BCUT2D eigenvalue weighted by atomic mass is 9.70. The van der Waals surface area contributed by atoms with Crippen LogP contribution >= 0.6 is 15.9 Å². The topological polar surface area (TPSA) is 117 Å². The number of hydrogen-bond donors (Lipinski definition) is 3. The highest BCUT2D eigenvalue weighted by Crippen LogP contribution is 2.61. The molecule has 7 atom stereocenters. The van der Waals surface area contributed by atoms with Crippen LogP contribution in [-0.2, 0) is 19.1 Å². The van der Waals surface area contributed by atoms with E-state index in [1.165, 1.54) is 4.90 Å². The van der Waals surface area contributed by atoms with E-state index < -0.39 is 35.6 Å². The number of carbonyl (C=O) groups is 3. The molecular formula is C32H38BrN3O6. The zero-order valence-electron chi connectivity index (χ0n) is 23.7. The first kappa shape index (κ1) is 29.1. The highest BCUT2D eigenvalue weighted by Gasteiger charge is 2.77. The quantitative estimate of drug-likeness (QED) is 0.358. The largest absolute Gasteiger partial charge is 0.494 e. The number of hydrogen-bond acceptors (Lipinski definition) is 6. The molecule has 3 saturated heterocycles. The molecule has 6 rings (SSSR count). The Morgan fingerprint density at radius 3 is 2.48 bits per heavy atom. The van der Waals surface area contributed by atoms with Crippen LogP contribution in [0.1, 0.15) is 57.1 Å². The maximum Gasteiger partial charge on any atom is 0.246 e. The van der Waals surface area contributed by atoms with Gasteiger partial charge in [0.1, 0.15) is 17.4 Å². The number of anilines is 1. The van der Waals surface area contributed by atoms with Crippen LogP contribution in [0.25, 0.3) is 0 Å². The third-order valence-electron chi connectivity index (χ3n) is 9.36. The van der Waals surface area contributed by atoms with Gasteiger partial charge in [0.25, 0.3) is 0 Å². The van der Waals surface area contributed by atoms with Gasteiger partial charge in [0.05, 0.1) is 37.2 Å². The number of rotatable bonds is 9. The van der Waals surface area contributed by atoms with Gasteiger partial charge in [0.2, 0.25) is 17.7 Å². The predicted molar refractivity (Wildman–Crippen MR) is 160 cm³/mol. The molecule has 1 aliphatic carbocycles. The van der Waals surface area contributed by atoms with E-state index in [2.05, 4.69) is 26.6 Å². The van der Waals surface area contributed by atoms with E-state index >= 15 is 0 Å². The SMILES string of the molecule is CCOc1ccc(NC(=O)[C@H]2[C@H]3C(=O)N([C@H](CO)c4ccccc4)C(C(=O)NC4CCCCC4)C34CC(Br)[C@@H]2O4)cc1. The molecule has 0 aromatic heterocycles. The number of nitrogens with zero attached hydrogens (tertiary/aromatic N) is 1. The summed E-state index contributed by atoms with van der Waals surface area (Å²) < 4.78 is 12.2. The Balaban J connectivity index is 1.35. The molecule has 224 valence electrons. The Hall–Kier alpha value is -2.95. The summed E-state index contributed by atoms with van der Waals surface area (Å²) in [5, 5.41) is 16.8. The summed E-state index contributed by atoms with van der Waals surface area (Å²) in [6.07, 6.45) is 4.86. The van der Waals surface area contributed by atoms with Crippen molar-refractivity contribution >= 4 is 39.3 Å². The van der Waals surface area contributed by atoms with E-state index in [-0.39, 0.29) is 35.2 Å². The molecule has 0 radical (unpaired) electrons. The number of ether oxygens (including phenoxy) is 2. The average Bonchev–Trinajstić information content (AvgIpc) is 3.59. The number of benzene rings is 2. The molecule has 2 bridgehead atoms. The van der Waals surface area contributed by atoms with Crippen LogP contribution in [0.5, 0.6) is 5.75 Å². The van der Waals surface area contributed by atoms with Crippen LogP contribution in [0, 0.1) is 11.8 Å². The molecule has 1 saturated carbocycles. The Bertz CT molecular complexity index is 1300. The molecule has 10 heteroatoms. The Labute approximate surface area is 254 Å². The van der Waals surface area contributed by atoms with Crippen LogP contribution in [-0.4, -0.2) is 69.6 Å². The molecule has 3 amide bonds. The summed E-state index contributed by atoms with van der Waals surface area (Å²) >= 11 is 3.73. The summed E-state index contributed by atoms with van der Waals surface area (Å²) in [6.45, 7) is 2.08. The molecule has 3 unspecified atom stereocenters. The molecule has 4 aliphatic rings. The van der Waals surface area contributed by atoms with E-state index in [4.69, 9.17) is 9.47 Å². The van der Waals surface area contributed by atoms with Crippen molar-refractivity contribution in [1.29, 1.82) is 0 Å². The monoisotopic (exact) mass is 639 g/mol. The van der Waals surface area contributed by atoms with Gasteiger partial charge in [-0.25, -0.2) is 0 Å². The number of halogens is 1. The van der Waals surface area contributed by atoms with Gasteiger partial charge in [0.15, 0.2) is 0 Å². The minimum Gasteiger partial charge on any atom is -0.494 e. The summed E-state index contributed by atoms with van der Waals surface area (Å²) in [4.78, 5) is 43.9. The van der Waals surface area contributed by atoms with Crippen molar-refractivity contribution in [3.63, 3.8) is 0 Å². The lowest BCUT2D eigenvalue weighted by Gasteiger charge is -2.38. The molecule has 2 aromatic carbocycles. The zero-order chi connectivity index (χ0) is 29.4. The van der Waals surface area contributed by atoms with Gasteiger partial charge >= 0.3 is 0 Å². The molecule has 2 aromatic rings. The minimum atomic E-state index is -1.20. The van der Waals surface area contributed by atoms with Gasteiger partial charge in [0, 0.05) is 16.6 Å². The lowest BCUT2D eigenvalue weighted by Crippen LogP contribution is -2.58. The second-order valence-corrected chi connectivity index (χ2v) is 13.0. The fourth-order valence-electron chi connectivity index (χ4n) is 7.59. The summed E-state index contributed by atoms with van der Waals surface area (Å²) in [5.74, 6) is -1.92. The molecule has 42 heavy (non-hydrogen) atoms. The highest BCUT2D eigenvalue weighted by molar-refractivity contribution is 9.09. The number of fused-ring (bicyclic) bond motifs is 1. The number of nitrogens with one attached hydrogen (secondary N) is 2. The smallest absolute Gasteiger partial charge is 0.246 e. The van der Waals surface area contributed by atoms with Gasteiger partial charge in [-0.1, -0.05) is 65.5 Å². The van der Waals surface area contributed by atoms with Gasteiger partial charge in [-0.05, 0) is 56.0 Å². The lowest BCUT2D eigenvalue weighted by molar-refractivity contribution is -0.145. The van der Waals surface area contributed by atoms with Crippen LogP contribution in [0.4, 0.5) is 5.69 Å². The predicted octanol–water partition coefficient (Wildman–Crippen LogP) is 3.95. The maximum absolute atomic E-state index is 14.5. The fourth-order valence-corrected chi connectivity index (χ4v) is 8.53. The first-order chi connectivity index (χ1) is 20.4. The maximum atomic E-state index is 14.5. The Kier molecular flexibility index (Phi) is 8.31. The summed E-state index contributed by atoms with van der Waals surface area (Å²) in [7, 11) is 0. The standard InChI is InChI=1S/C32H38BrN3O6/c1-2-41-22-15-13-21(14-16-22)34-29(38)25-26-31(40)36(24(18-37)19-9-5-3-6-10-19)28(32(26)17-23(33)27(25)42-32)30(39)35-20-11-7-4-8-12-20/h3,5-6,9-10,13-16,20,23-28,37H,2,4,7-8,11-12,17-18H2,1H3,(H,34,38)(H,35,39)/t23?,24-,25+,26+,27+,28?,32?/m1/s1. The molecule has 9 nitrogen and oxygen atoms in total. The van der Waals surface area contributed by atoms with E-state index in [9.17, 15) is 19.5 Å². The van der Waals surface area contributed by atoms with Crippen molar-refractivity contribution in [3.05, 3.63) is 60.2 Å². The van der Waals surface area contributed by atoms with Crippen LogP contribution < -0.4 is 15.4 Å². The third kappa shape index (κ3) is 5.01. The van der Waals surface area contributed by atoms with Crippen molar-refractivity contribution in [3.8, 4) is 5.75 Å². The highest BCUT2D eigenvalue weighted by atomic mass is 79.9. The van der Waals surface area contributed by atoms with Crippen LogP contribution in [0.15, 0.2) is 54.6 Å². The first-order valence-electron chi connectivity index (χ1n) is 15.0.